The van der Waals surface area contributed by atoms with Crippen LogP contribution in [0, 0.1) is 30.0 Å². The van der Waals surface area contributed by atoms with E-state index < -0.39 is 114 Å². The highest BCUT2D eigenvalue weighted by Gasteiger charge is 2.54. The maximum Gasteiger partial charge on any atom is 0.508 e. The van der Waals surface area contributed by atoms with Crippen LogP contribution >= 0.6 is 11.3 Å². The zero-order valence-electron chi connectivity index (χ0n) is 37.1. The van der Waals surface area contributed by atoms with E-state index in [9.17, 15) is 39.6 Å². The van der Waals surface area contributed by atoms with E-state index in [2.05, 4.69) is 18.1 Å². The number of carbonyl (C=O) groups excluding carboxylic acids is 4. The van der Waals surface area contributed by atoms with Crippen LogP contribution in [-0.2, 0) is 49.4 Å². The Morgan fingerprint density at radius 2 is 1.75 bits per heavy atom. The number of hydrogen-bond donors (Lipinski definition) is 4. The summed E-state index contributed by atoms with van der Waals surface area (Å²) >= 11 is 1.54. The molecule has 3 fully saturated rings. The number of cyclic esters (lactones) is 1. The molecule has 3 aromatic rings. The zero-order chi connectivity index (χ0) is 47.4. The lowest BCUT2D eigenvalue weighted by atomic mass is 9.71. The average Bonchev–Trinajstić information content (AvgIpc) is 3.73. The zero-order valence-corrected chi connectivity index (χ0v) is 37.9. The van der Waals surface area contributed by atoms with Gasteiger partial charge >= 0.3 is 18.1 Å². The number of aromatic nitrogens is 1. The lowest BCUT2D eigenvalue weighted by Crippen LogP contribution is -2.61. The van der Waals surface area contributed by atoms with Crippen molar-refractivity contribution in [2.75, 3.05) is 6.61 Å². The van der Waals surface area contributed by atoms with Crippen molar-refractivity contribution in [2.45, 2.75) is 140 Å². The maximum atomic E-state index is 15.4. The number of ether oxygens (including phenoxy) is 7. The largest absolute Gasteiger partial charge is 0.508 e. The highest BCUT2D eigenvalue weighted by Crippen LogP contribution is 2.47. The molecular weight excluding hydrogens is 870 g/mol. The van der Waals surface area contributed by atoms with Gasteiger partial charge in [-0.25, -0.2) is 19.0 Å². The predicted molar refractivity (Wildman–Crippen MR) is 232 cm³/mol. The summed E-state index contributed by atoms with van der Waals surface area (Å²) in [6.07, 6.45) is -9.48. The number of halogens is 1. The van der Waals surface area contributed by atoms with E-state index in [4.69, 9.17) is 33.2 Å². The van der Waals surface area contributed by atoms with Crippen LogP contribution in [0.25, 0.3) is 10.2 Å². The Kier molecular flexibility index (Phi) is 15.9. The number of fused-ring (bicyclic) bond motifs is 2. The Balaban J connectivity index is 1.20. The Morgan fingerprint density at radius 3 is 2.46 bits per heavy atom. The second-order valence-corrected chi connectivity index (χ2v) is 19.0. The minimum atomic E-state index is -1.92. The number of Topliss-reactive ketones (excluding diaryl/α,β-unsaturated/α-hetero) is 1. The third kappa shape index (κ3) is 11.6. The molecule has 0 saturated carbocycles. The molecule has 4 N–H and O–H groups in total. The van der Waals surface area contributed by atoms with Gasteiger partial charge in [-0.15, -0.1) is 17.9 Å². The van der Waals surface area contributed by atoms with Crippen molar-refractivity contribution < 1.29 is 77.2 Å². The molecule has 0 aliphatic carbocycles. The molecule has 3 aliphatic heterocycles. The van der Waals surface area contributed by atoms with Crippen molar-refractivity contribution in [3.05, 3.63) is 83.7 Å². The summed E-state index contributed by atoms with van der Waals surface area (Å²) in [5.41, 5.74) is -0.527. The van der Waals surface area contributed by atoms with Crippen LogP contribution in [0.3, 0.4) is 0 Å². The van der Waals surface area contributed by atoms with Crippen molar-refractivity contribution in [3.8, 4) is 5.75 Å². The highest BCUT2D eigenvalue weighted by atomic mass is 32.1. The molecule has 0 bridgehead atoms. The molecule has 354 valence electrons. The van der Waals surface area contributed by atoms with E-state index in [1.165, 1.54) is 43.4 Å². The number of aliphatic hydroxyl groups is 4. The molecule has 6 rings (SSSR count). The van der Waals surface area contributed by atoms with Gasteiger partial charge in [0.05, 0.1) is 44.9 Å². The molecule has 0 radical (unpaired) electrons. The molecule has 0 spiro atoms. The number of aryl methyl sites for hydroxylation is 1. The number of nitrogens with zero attached hydrogens (tertiary/aromatic N) is 1. The quantitative estimate of drug-likeness (QED) is 0.0762. The second kappa shape index (κ2) is 20.8. The number of epoxide rings is 1. The van der Waals surface area contributed by atoms with Gasteiger partial charge in [-0.1, -0.05) is 44.2 Å². The Hall–Kier alpha value is -4.82. The number of thiazole rings is 1. The molecule has 0 amide bonds. The standard InChI is InChI=1S/C47H58FNO15S/c1-8-11-28-37(51)24(3)12-10-17-47(7)35(64-47)21-32(27-14-16-33-30(20-27)49-25(4)65-33)60-36(50)22-34(46(5,6)42(28)55)62-45(57)59-23-26-13-15-31(29(48)19-26)61-44-40(54)38(52)39(53)41(63-44)43(56)58-18-9-2/h8-9,13-16,19-20,24,28,32,34-35,37-41,44,51-54H,1-2,10-12,17-18,21-23H2,3-7H3/t24-,28+,32-,34-,35-,37-,38-,39-,40+,41-,44+,47+/m0/s1. The SMILES string of the molecule is C=CCOC(=O)[C@H]1O[C@@H](Oc2ccc(COC(=O)O[C@H]3CC(=O)O[C@H](c4ccc5sc(C)nc5c4)C[C@@H]4O[C@]4(C)CCC[C@H](C)[C@H](O)[C@@H](CC=C)C(=O)C3(C)C)cc2F)[C@H](O)[C@@H](O)[C@@H]1O. The van der Waals surface area contributed by atoms with Gasteiger partial charge in [0.25, 0.3) is 0 Å². The van der Waals surface area contributed by atoms with Gasteiger partial charge in [-0.05, 0) is 88.3 Å². The van der Waals surface area contributed by atoms with Crippen LogP contribution in [-0.4, -0.2) is 111 Å². The Bertz CT molecular complexity index is 2230. The summed E-state index contributed by atoms with van der Waals surface area (Å²) in [6.45, 7) is 15.3. The first-order chi connectivity index (χ1) is 30.8. The first kappa shape index (κ1) is 49.6. The topological polar surface area (TPSA) is 230 Å². The normalized spacial score (nSPS) is 32.1. The molecule has 65 heavy (non-hydrogen) atoms. The molecule has 12 atom stereocenters. The summed E-state index contributed by atoms with van der Waals surface area (Å²) in [7, 11) is 0. The van der Waals surface area contributed by atoms with E-state index in [-0.39, 0.29) is 30.6 Å². The van der Waals surface area contributed by atoms with Crippen molar-refractivity contribution in [3.63, 3.8) is 0 Å². The van der Waals surface area contributed by atoms with Gasteiger partial charge in [0.2, 0.25) is 6.29 Å². The maximum absolute atomic E-state index is 15.4. The van der Waals surface area contributed by atoms with E-state index in [1.807, 2.05) is 39.0 Å². The van der Waals surface area contributed by atoms with E-state index >= 15 is 4.39 Å². The van der Waals surface area contributed by atoms with E-state index in [1.54, 1.807) is 0 Å². The predicted octanol–water partition coefficient (Wildman–Crippen LogP) is 5.87. The summed E-state index contributed by atoms with van der Waals surface area (Å²) in [5, 5.41) is 43.5. The number of allylic oxidation sites excluding steroid dienone is 1. The van der Waals surface area contributed by atoms with Crippen LogP contribution in [0.2, 0.25) is 0 Å². The van der Waals surface area contributed by atoms with Gasteiger partial charge in [0.15, 0.2) is 17.7 Å². The minimum absolute atomic E-state index is 0.0959. The van der Waals surface area contributed by atoms with E-state index in [0.29, 0.717) is 31.2 Å². The molecule has 2 aromatic carbocycles. The fourth-order valence-electron chi connectivity index (χ4n) is 8.39. The molecule has 4 heterocycles. The number of ketones is 1. The van der Waals surface area contributed by atoms with Crippen molar-refractivity contribution >= 4 is 45.4 Å². The summed E-state index contributed by atoms with van der Waals surface area (Å²) in [5.74, 6) is -5.11. The fraction of sp³-hybridized carbons (Fsp3) is 0.553. The minimum Gasteiger partial charge on any atom is -0.459 e. The Morgan fingerprint density at radius 1 is 1.00 bits per heavy atom. The molecule has 16 nitrogen and oxygen atoms in total. The number of carbonyl (C=O) groups is 4. The molecule has 18 heteroatoms. The first-order valence-corrected chi connectivity index (χ1v) is 22.4. The van der Waals surface area contributed by atoms with Gasteiger partial charge in [0, 0.05) is 12.3 Å². The van der Waals surface area contributed by atoms with Gasteiger partial charge < -0.3 is 53.6 Å². The number of hydrogen-bond acceptors (Lipinski definition) is 17. The number of aliphatic hydroxyl groups excluding tert-OH is 4. The third-order valence-corrected chi connectivity index (χ3v) is 13.4. The van der Waals surface area contributed by atoms with Crippen molar-refractivity contribution in [1.29, 1.82) is 0 Å². The van der Waals surface area contributed by atoms with Crippen LogP contribution in [0.1, 0.15) is 88.5 Å². The lowest BCUT2D eigenvalue weighted by Gasteiger charge is -2.39. The highest BCUT2D eigenvalue weighted by molar-refractivity contribution is 7.18. The molecule has 0 unspecified atom stereocenters. The summed E-state index contributed by atoms with van der Waals surface area (Å²) in [6, 6.07) is 9.04. The summed E-state index contributed by atoms with van der Waals surface area (Å²) < 4.78 is 55.5. The fourth-order valence-corrected chi connectivity index (χ4v) is 9.20. The summed E-state index contributed by atoms with van der Waals surface area (Å²) in [4.78, 5) is 59.1. The number of esters is 2. The van der Waals surface area contributed by atoms with Crippen LogP contribution in [0.5, 0.6) is 5.75 Å². The molecule has 3 saturated heterocycles. The van der Waals surface area contributed by atoms with Gasteiger partial charge in [-0.2, -0.15) is 0 Å². The van der Waals surface area contributed by atoms with Gasteiger partial charge in [0.1, 0.15) is 49.5 Å². The van der Waals surface area contributed by atoms with Crippen LogP contribution in [0.15, 0.2) is 61.7 Å². The third-order valence-electron chi connectivity index (χ3n) is 12.5. The lowest BCUT2D eigenvalue weighted by molar-refractivity contribution is -0.272. The van der Waals surface area contributed by atoms with Crippen LogP contribution < -0.4 is 4.74 Å². The Labute approximate surface area is 380 Å². The van der Waals surface area contributed by atoms with Gasteiger partial charge in [-0.3, -0.25) is 9.59 Å². The average molecular weight is 928 g/mol. The first-order valence-electron chi connectivity index (χ1n) is 21.6. The van der Waals surface area contributed by atoms with Crippen molar-refractivity contribution in [1.82, 2.24) is 4.98 Å². The molecule has 3 aliphatic rings. The smallest absolute Gasteiger partial charge is 0.459 e. The monoisotopic (exact) mass is 927 g/mol. The number of benzene rings is 2. The number of rotatable bonds is 11. The second-order valence-electron chi connectivity index (χ2n) is 17.7. The molecule has 1 aromatic heterocycles. The van der Waals surface area contributed by atoms with E-state index in [0.717, 1.165) is 27.4 Å². The van der Waals surface area contributed by atoms with Crippen molar-refractivity contribution in [2.24, 2.45) is 17.3 Å². The van der Waals surface area contributed by atoms with Crippen LogP contribution in [0.4, 0.5) is 9.18 Å². The molecular formula is C47H58FNO15S.